The van der Waals surface area contributed by atoms with E-state index in [2.05, 4.69) is 65.2 Å². The van der Waals surface area contributed by atoms with Gasteiger partial charge in [-0.25, -0.2) is 9.97 Å². The predicted octanol–water partition coefficient (Wildman–Crippen LogP) is 9.55. The number of rotatable bonds is 3. The smallest absolute Gasteiger partial charge is 0.162 e. The average Bonchev–Trinajstić information content (AvgIpc) is 3.74. The van der Waals surface area contributed by atoms with Gasteiger partial charge in [-0.2, -0.15) is 0 Å². The molecule has 5 aromatic carbocycles. The zero-order valence-electron chi connectivity index (χ0n) is 21.8. The van der Waals surface area contributed by atoms with Gasteiger partial charge >= 0.3 is 0 Å². The minimum absolute atomic E-state index is 0.700. The van der Waals surface area contributed by atoms with E-state index in [9.17, 15) is 0 Å². The van der Waals surface area contributed by atoms with Crippen LogP contribution in [-0.4, -0.2) is 14.5 Å². The largest absolute Gasteiger partial charge is 0.464 e. The maximum Gasteiger partial charge on any atom is 0.162 e. The zero-order chi connectivity index (χ0) is 26.9. The van der Waals surface area contributed by atoms with Crippen molar-refractivity contribution >= 4 is 54.8 Å². The fourth-order valence-electron chi connectivity index (χ4n) is 6.05. The van der Waals surface area contributed by atoms with Gasteiger partial charge in [0.2, 0.25) is 0 Å². The van der Waals surface area contributed by atoms with E-state index in [0.29, 0.717) is 5.82 Å². The predicted molar refractivity (Wildman–Crippen MR) is 164 cm³/mol. The van der Waals surface area contributed by atoms with Gasteiger partial charge in [0.05, 0.1) is 28.4 Å². The molecule has 0 saturated carbocycles. The third-order valence-corrected chi connectivity index (χ3v) is 7.91. The normalized spacial score (nSPS) is 11.9. The molecular weight excluding hydrogens is 506 g/mol. The van der Waals surface area contributed by atoms with Crippen LogP contribution in [0.15, 0.2) is 136 Å². The van der Waals surface area contributed by atoms with Gasteiger partial charge in [-0.1, -0.05) is 60.7 Å². The Morgan fingerprint density at radius 1 is 0.561 bits per heavy atom. The van der Waals surface area contributed by atoms with E-state index < -0.39 is 0 Å². The van der Waals surface area contributed by atoms with Gasteiger partial charge in [-0.15, -0.1) is 0 Å². The summed E-state index contributed by atoms with van der Waals surface area (Å²) in [4.78, 5) is 9.99. The summed E-state index contributed by atoms with van der Waals surface area (Å²) in [5.74, 6) is 0.700. The van der Waals surface area contributed by atoms with Crippen LogP contribution in [-0.2, 0) is 0 Å². The van der Waals surface area contributed by atoms with Gasteiger partial charge in [-0.05, 0) is 60.7 Å². The van der Waals surface area contributed by atoms with E-state index >= 15 is 0 Å². The number of aromatic nitrogens is 3. The Labute approximate surface area is 233 Å². The van der Waals surface area contributed by atoms with Crippen molar-refractivity contribution in [3.8, 4) is 28.3 Å². The van der Waals surface area contributed by atoms with Crippen LogP contribution < -0.4 is 0 Å². The Kier molecular flexibility index (Phi) is 4.55. The number of fused-ring (bicyclic) bond motifs is 8. The average molecular weight is 528 g/mol. The lowest BCUT2D eigenvalue weighted by Crippen LogP contribution is -1.97. The molecule has 0 aliphatic carbocycles. The Morgan fingerprint density at radius 2 is 1.34 bits per heavy atom. The Morgan fingerprint density at radius 3 is 2.22 bits per heavy atom. The van der Waals surface area contributed by atoms with Crippen LogP contribution in [0.1, 0.15) is 0 Å². The SMILES string of the molecule is c1ccc(-c2nc(-c3ccc(-n4c5ccc6occc6c5c5oc6ccccc6c54)cc3)nc3ccccc23)cc1. The molecule has 9 aromatic rings. The van der Waals surface area contributed by atoms with Crippen molar-refractivity contribution in [2.75, 3.05) is 0 Å². The van der Waals surface area contributed by atoms with Crippen LogP contribution in [0.2, 0.25) is 0 Å². The molecule has 0 spiro atoms. The van der Waals surface area contributed by atoms with Gasteiger partial charge in [0.1, 0.15) is 16.7 Å². The first-order chi connectivity index (χ1) is 20.3. The molecule has 192 valence electrons. The number of para-hydroxylation sites is 2. The van der Waals surface area contributed by atoms with Crippen LogP contribution in [0.3, 0.4) is 0 Å². The molecule has 0 atom stereocenters. The minimum atomic E-state index is 0.700. The molecule has 0 N–H and O–H groups in total. The number of nitrogens with zero attached hydrogens (tertiary/aromatic N) is 3. The molecule has 0 amide bonds. The van der Waals surface area contributed by atoms with Crippen molar-refractivity contribution in [3.63, 3.8) is 0 Å². The summed E-state index contributed by atoms with van der Waals surface area (Å²) in [6, 6.07) is 41.3. The molecule has 0 radical (unpaired) electrons. The number of hydrogen-bond donors (Lipinski definition) is 0. The molecule has 0 unspecified atom stereocenters. The van der Waals surface area contributed by atoms with Crippen molar-refractivity contribution in [2.24, 2.45) is 0 Å². The second kappa shape index (κ2) is 8.41. The van der Waals surface area contributed by atoms with E-state index in [4.69, 9.17) is 18.8 Å². The van der Waals surface area contributed by atoms with E-state index in [1.54, 1.807) is 6.26 Å². The molecule has 0 aliphatic rings. The molecule has 0 fully saturated rings. The lowest BCUT2D eigenvalue weighted by Gasteiger charge is -2.11. The first-order valence-corrected chi connectivity index (χ1v) is 13.6. The molecule has 9 rings (SSSR count). The van der Waals surface area contributed by atoms with E-state index in [1.165, 1.54) is 0 Å². The van der Waals surface area contributed by atoms with Gasteiger partial charge < -0.3 is 13.4 Å². The summed E-state index contributed by atoms with van der Waals surface area (Å²) in [6.07, 6.45) is 1.73. The van der Waals surface area contributed by atoms with Crippen LogP contribution in [0.25, 0.3) is 83.2 Å². The topological polar surface area (TPSA) is 57.0 Å². The lowest BCUT2D eigenvalue weighted by atomic mass is 10.1. The van der Waals surface area contributed by atoms with E-state index in [0.717, 1.165) is 77.4 Å². The molecule has 0 saturated heterocycles. The summed E-state index contributed by atoms with van der Waals surface area (Å²) >= 11 is 0. The Bertz CT molecular complexity index is 2410. The highest BCUT2D eigenvalue weighted by Crippen LogP contribution is 2.42. The standard InChI is InChI=1S/C36H21N3O2/c1-2-8-22(9-3-1)33-25-10-4-6-12-28(25)37-36(38-33)23-14-16-24(17-15-23)39-29-18-19-30-26(20-21-40-30)32(29)35-34(39)27-11-5-7-13-31(27)41-35/h1-21H. The lowest BCUT2D eigenvalue weighted by molar-refractivity contribution is 0.616. The fourth-order valence-corrected chi connectivity index (χ4v) is 6.05. The summed E-state index contributed by atoms with van der Waals surface area (Å²) in [5, 5.41) is 4.21. The Hall–Kier alpha value is -5.68. The third-order valence-electron chi connectivity index (χ3n) is 7.91. The second-order valence-corrected chi connectivity index (χ2v) is 10.2. The zero-order valence-corrected chi connectivity index (χ0v) is 21.8. The molecule has 5 heteroatoms. The highest BCUT2D eigenvalue weighted by molar-refractivity contribution is 6.23. The molecule has 4 heterocycles. The van der Waals surface area contributed by atoms with Crippen molar-refractivity contribution in [2.45, 2.75) is 0 Å². The third kappa shape index (κ3) is 3.23. The van der Waals surface area contributed by atoms with Gasteiger partial charge in [0.25, 0.3) is 0 Å². The molecule has 0 aliphatic heterocycles. The van der Waals surface area contributed by atoms with E-state index in [1.807, 2.05) is 60.7 Å². The van der Waals surface area contributed by atoms with Crippen LogP contribution in [0, 0.1) is 0 Å². The Balaban J connectivity index is 1.26. The highest BCUT2D eigenvalue weighted by Gasteiger charge is 2.22. The van der Waals surface area contributed by atoms with E-state index in [-0.39, 0.29) is 0 Å². The molecule has 5 nitrogen and oxygen atoms in total. The van der Waals surface area contributed by atoms with Crippen LogP contribution in [0.4, 0.5) is 0 Å². The molecule has 4 aromatic heterocycles. The van der Waals surface area contributed by atoms with Crippen LogP contribution >= 0.6 is 0 Å². The summed E-state index contributed by atoms with van der Waals surface area (Å²) in [6.45, 7) is 0. The maximum atomic E-state index is 6.45. The first kappa shape index (κ1) is 22.2. The monoisotopic (exact) mass is 527 g/mol. The minimum Gasteiger partial charge on any atom is -0.464 e. The number of hydrogen-bond acceptors (Lipinski definition) is 4. The molecule has 41 heavy (non-hydrogen) atoms. The summed E-state index contributed by atoms with van der Waals surface area (Å²) in [7, 11) is 0. The van der Waals surface area contributed by atoms with Gasteiger partial charge in [0, 0.05) is 33.0 Å². The summed E-state index contributed by atoms with van der Waals surface area (Å²) in [5.41, 5.74) is 9.61. The highest BCUT2D eigenvalue weighted by atomic mass is 16.3. The van der Waals surface area contributed by atoms with Gasteiger partial charge in [-0.3, -0.25) is 0 Å². The molecular formula is C36H21N3O2. The van der Waals surface area contributed by atoms with Crippen molar-refractivity contribution in [1.29, 1.82) is 0 Å². The quantitative estimate of drug-likeness (QED) is 0.230. The summed E-state index contributed by atoms with van der Waals surface area (Å²) < 4.78 is 14.5. The second-order valence-electron chi connectivity index (χ2n) is 10.2. The van der Waals surface area contributed by atoms with Crippen LogP contribution in [0.5, 0.6) is 0 Å². The van der Waals surface area contributed by atoms with Crippen molar-refractivity contribution in [3.05, 3.63) is 128 Å². The maximum absolute atomic E-state index is 6.45. The number of furan rings is 2. The van der Waals surface area contributed by atoms with Gasteiger partial charge in [0.15, 0.2) is 11.4 Å². The first-order valence-electron chi connectivity index (χ1n) is 13.6. The molecule has 0 bridgehead atoms. The fraction of sp³-hybridized carbons (Fsp3) is 0. The number of benzene rings is 5. The van der Waals surface area contributed by atoms with Crippen molar-refractivity contribution < 1.29 is 8.83 Å². The van der Waals surface area contributed by atoms with Crippen molar-refractivity contribution in [1.82, 2.24) is 14.5 Å².